The highest BCUT2D eigenvalue weighted by molar-refractivity contribution is 6.04. The largest absolute Gasteiger partial charge is 0.322 e. The lowest BCUT2D eigenvalue weighted by molar-refractivity contribution is 0.102. The van der Waals surface area contributed by atoms with E-state index < -0.39 is 0 Å². The summed E-state index contributed by atoms with van der Waals surface area (Å²) in [6, 6.07) is 13.2. The number of carbonyl (C=O) groups is 1. The van der Waals surface area contributed by atoms with E-state index in [4.69, 9.17) is 6.90 Å². The summed E-state index contributed by atoms with van der Waals surface area (Å²) in [7, 11) is 0. The monoisotopic (exact) mass is 239 g/mol. The third kappa shape index (κ3) is 2.87. The van der Waals surface area contributed by atoms with E-state index in [1.165, 1.54) is 0 Å². The average molecular weight is 239 g/mol. The number of nitrogens with one attached hydrogen (secondary N) is 1. The van der Waals surface area contributed by atoms with Crippen molar-refractivity contribution in [2.75, 3.05) is 5.32 Å². The first-order valence-electron chi connectivity index (χ1n) is 5.73. The molecule has 1 N–H and O–H groups in total. The van der Waals surface area contributed by atoms with Crippen LogP contribution in [0.2, 0.25) is 0 Å². The number of para-hydroxylation sites is 1. The molecule has 0 saturated carbocycles. The summed E-state index contributed by atoms with van der Waals surface area (Å²) in [5, 5.41) is 6.07. The van der Waals surface area contributed by atoms with E-state index in [-0.39, 0.29) is 11.9 Å². The van der Waals surface area contributed by atoms with Gasteiger partial charge in [-0.15, -0.1) is 0 Å². The van der Waals surface area contributed by atoms with E-state index in [2.05, 4.69) is 15.3 Å². The standard InChI is InChI=1S/C13H10N4O/c14-17-16-12-8-6-10(7-9-12)13(18)15-11-4-2-1-3-5-11/h1-9H,(H,15,18)/i4D. The van der Waals surface area contributed by atoms with Crippen molar-refractivity contribution in [1.29, 1.82) is 0 Å². The highest BCUT2D eigenvalue weighted by Gasteiger charge is 2.04. The second-order valence-electron chi connectivity index (χ2n) is 3.47. The lowest BCUT2D eigenvalue weighted by Gasteiger charge is -2.04. The van der Waals surface area contributed by atoms with Crippen molar-refractivity contribution < 1.29 is 6.17 Å². The third-order valence-electron chi connectivity index (χ3n) is 2.25. The average Bonchev–Trinajstić information content (AvgIpc) is 2.42. The van der Waals surface area contributed by atoms with Crippen LogP contribution in [0.1, 0.15) is 11.7 Å². The fourth-order valence-corrected chi connectivity index (χ4v) is 1.40. The molecule has 5 heteroatoms. The van der Waals surface area contributed by atoms with Gasteiger partial charge in [0.15, 0.2) is 0 Å². The topological polar surface area (TPSA) is 77.9 Å². The number of hydrogen-bond acceptors (Lipinski definition) is 2. The molecule has 2 aromatic rings. The summed E-state index contributed by atoms with van der Waals surface area (Å²) in [5.41, 5.74) is 9.61. The van der Waals surface area contributed by atoms with Crippen molar-refractivity contribution >= 4 is 17.3 Å². The lowest BCUT2D eigenvalue weighted by Crippen LogP contribution is -2.11. The second-order valence-corrected chi connectivity index (χ2v) is 3.47. The number of nitrogens with zero attached hydrogens (tertiary/aromatic N) is 3. The third-order valence-corrected chi connectivity index (χ3v) is 2.25. The zero-order valence-electron chi connectivity index (χ0n) is 10.4. The maximum Gasteiger partial charge on any atom is 0.255 e. The van der Waals surface area contributed by atoms with Crippen molar-refractivity contribution in [3.05, 3.63) is 70.6 Å². The Morgan fingerprint density at radius 2 is 2.00 bits per heavy atom. The van der Waals surface area contributed by atoms with Gasteiger partial charge in [-0.1, -0.05) is 35.4 Å². The van der Waals surface area contributed by atoms with Crippen LogP contribution < -0.4 is 5.32 Å². The van der Waals surface area contributed by atoms with Gasteiger partial charge in [0.25, 0.3) is 5.91 Å². The van der Waals surface area contributed by atoms with Crippen molar-refractivity contribution in [2.24, 2.45) is 5.11 Å². The van der Waals surface area contributed by atoms with Crippen LogP contribution in [0.15, 0.2) is 59.7 Å². The fraction of sp³-hybridized carbons (Fsp3) is 0. The molecule has 0 unspecified atom stereocenters. The van der Waals surface area contributed by atoms with E-state index in [1.54, 1.807) is 48.5 Å². The maximum atomic E-state index is 11.9. The first kappa shape index (κ1) is 10.4. The predicted octanol–water partition coefficient (Wildman–Crippen LogP) is 3.88. The van der Waals surface area contributed by atoms with Crippen LogP contribution in [0, 0.1) is 0 Å². The molecular weight excluding hydrogens is 228 g/mol. The number of rotatable bonds is 3. The minimum atomic E-state index is -0.313. The van der Waals surface area contributed by atoms with Gasteiger partial charge in [0.05, 0.1) is 1.37 Å². The van der Waals surface area contributed by atoms with Gasteiger partial charge in [-0.25, -0.2) is 0 Å². The molecule has 88 valence electrons. The summed E-state index contributed by atoms with van der Waals surface area (Å²) in [6.45, 7) is 0. The SMILES string of the molecule is [2H]c1ccccc1NC(=O)c1ccc(N=[N+]=[N-])cc1. The van der Waals surface area contributed by atoms with Crippen LogP contribution in [0.5, 0.6) is 0 Å². The summed E-state index contributed by atoms with van der Waals surface area (Å²) in [6.07, 6.45) is 0. The minimum absolute atomic E-state index is 0.251. The highest BCUT2D eigenvalue weighted by Crippen LogP contribution is 2.14. The molecule has 0 aliphatic carbocycles. The van der Waals surface area contributed by atoms with E-state index in [9.17, 15) is 4.79 Å². The van der Waals surface area contributed by atoms with Crippen LogP contribution in [0.25, 0.3) is 10.4 Å². The van der Waals surface area contributed by atoms with Crippen LogP contribution in [-0.2, 0) is 0 Å². The Hall–Kier alpha value is -2.78. The van der Waals surface area contributed by atoms with Gasteiger partial charge in [-0.05, 0) is 29.8 Å². The molecule has 0 heterocycles. The first-order valence-corrected chi connectivity index (χ1v) is 5.23. The van der Waals surface area contributed by atoms with Crippen LogP contribution in [-0.4, -0.2) is 5.91 Å². The molecule has 0 saturated heterocycles. The highest BCUT2D eigenvalue weighted by atomic mass is 16.1. The van der Waals surface area contributed by atoms with Crippen LogP contribution in [0.4, 0.5) is 11.4 Å². The Bertz CT molecular complexity index is 648. The zero-order valence-corrected chi connectivity index (χ0v) is 9.37. The number of benzene rings is 2. The second kappa shape index (κ2) is 5.52. The van der Waals surface area contributed by atoms with Crippen molar-refractivity contribution in [3.8, 4) is 0 Å². The Morgan fingerprint density at radius 3 is 2.67 bits per heavy atom. The van der Waals surface area contributed by atoms with E-state index >= 15 is 0 Å². The molecule has 0 bridgehead atoms. The number of hydrogen-bond donors (Lipinski definition) is 1. The quantitative estimate of drug-likeness (QED) is 0.492. The molecule has 18 heavy (non-hydrogen) atoms. The van der Waals surface area contributed by atoms with Crippen molar-refractivity contribution in [3.63, 3.8) is 0 Å². The number of amides is 1. The fourth-order valence-electron chi connectivity index (χ4n) is 1.40. The van der Waals surface area contributed by atoms with Gasteiger partial charge in [-0.2, -0.15) is 0 Å². The van der Waals surface area contributed by atoms with Crippen LogP contribution >= 0.6 is 0 Å². The molecular formula is C13H10N4O. The van der Waals surface area contributed by atoms with Gasteiger partial charge in [-0.3, -0.25) is 4.79 Å². The van der Waals surface area contributed by atoms with E-state index in [0.29, 0.717) is 16.9 Å². The first-order chi connectivity index (χ1) is 9.20. The summed E-state index contributed by atoms with van der Waals surface area (Å²) >= 11 is 0. The molecule has 0 aromatic heterocycles. The normalized spacial score (nSPS) is 10.1. The number of anilines is 1. The number of azide groups is 1. The Labute approximate surface area is 105 Å². The molecule has 2 rings (SSSR count). The molecule has 5 nitrogen and oxygen atoms in total. The smallest absolute Gasteiger partial charge is 0.255 e. The van der Waals surface area contributed by atoms with Gasteiger partial charge < -0.3 is 5.32 Å². The molecule has 0 atom stereocenters. The maximum absolute atomic E-state index is 11.9. The number of carbonyl (C=O) groups excluding carboxylic acids is 1. The molecule has 2 aromatic carbocycles. The Kier molecular flexibility index (Phi) is 3.18. The molecule has 0 radical (unpaired) electrons. The van der Waals surface area contributed by atoms with Crippen molar-refractivity contribution in [1.82, 2.24) is 0 Å². The molecule has 0 aliphatic heterocycles. The predicted molar refractivity (Wildman–Crippen MR) is 69.6 cm³/mol. The molecule has 0 aliphatic rings. The van der Waals surface area contributed by atoms with E-state index in [0.717, 1.165) is 0 Å². The Balaban J connectivity index is 2.16. The summed E-state index contributed by atoms with van der Waals surface area (Å²) < 4.78 is 7.65. The zero-order chi connectivity index (χ0) is 13.7. The molecule has 1 amide bonds. The van der Waals surface area contributed by atoms with Gasteiger partial charge >= 0.3 is 0 Å². The van der Waals surface area contributed by atoms with Crippen molar-refractivity contribution in [2.45, 2.75) is 0 Å². The molecule has 0 fully saturated rings. The lowest BCUT2D eigenvalue weighted by atomic mass is 10.2. The summed E-state index contributed by atoms with van der Waals surface area (Å²) in [4.78, 5) is 14.6. The van der Waals surface area contributed by atoms with Gasteiger partial charge in [0, 0.05) is 21.8 Å². The molecule has 0 spiro atoms. The van der Waals surface area contributed by atoms with E-state index in [1.807, 2.05) is 0 Å². The van der Waals surface area contributed by atoms with Gasteiger partial charge in [0.2, 0.25) is 0 Å². The summed E-state index contributed by atoms with van der Waals surface area (Å²) in [5.74, 6) is -0.313. The van der Waals surface area contributed by atoms with Crippen LogP contribution in [0.3, 0.4) is 0 Å². The van der Waals surface area contributed by atoms with Gasteiger partial charge in [0.1, 0.15) is 0 Å². The minimum Gasteiger partial charge on any atom is -0.322 e. The Morgan fingerprint density at radius 1 is 1.22 bits per heavy atom.